The number of halogens is 3. The van der Waals surface area contributed by atoms with Crippen LogP contribution in [-0.4, -0.2) is 18.2 Å². The largest absolute Gasteiger partial charge is 0.491 e. The summed E-state index contributed by atoms with van der Waals surface area (Å²) < 4.78 is 43.5. The second kappa shape index (κ2) is 3.68. The summed E-state index contributed by atoms with van der Waals surface area (Å²) in [5.74, 6) is -7.83. The Kier molecular flexibility index (Phi) is 2.74. The summed E-state index contributed by atoms with van der Waals surface area (Å²) in [4.78, 5) is 10.4. The summed E-state index contributed by atoms with van der Waals surface area (Å²) in [6, 6.07) is 0. The maximum Gasteiger partial charge on any atom is 0.341 e. The van der Waals surface area contributed by atoms with Gasteiger partial charge in [0.1, 0.15) is 11.3 Å². The molecule has 0 spiro atoms. The molecule has 1 aromatic carbocycles. The summed E-state index contributed by atoms with van der Waals surface area (Å²) in [7, 11) is 0.952. The summed E-state index contributed by atoms with van der Waals surface area (Å²) in [5.41, 5.74) is 2.71. The number of hydrogen-bond donors (Lipinski definition) is 2. The molecular weight excluding hydrogens is 215 g/mol. The van der Waals surface area contributed by atoms with Gasteiger partial charge >= 0.3 is 5.97 Å². The number of methoxy groups -OCH3 is 1. The Balaban J connectivity index is 3.66. The van der Waals surface area contributed by atoms with Crippen LogP contribution >= 0.6 is 0 Å². The number of hydrogen-bond acceptors (Lipinski definition) is 3. The van der Waals surface area contributed by atoms with Crippen LogP contribution in [0.15, 0.2) is 0 Å². The first-order chi connectivity index (χ1) is 6.91. The number of benzene rings is 1. The minimum Gasteiger partial charge on any atom is -0.491 e. The van der Waals surface area contributed by atoms with E-state index in [1.807, 2.05) is 0 Å². The van der Waals surface area contributed by atoms with Gasteiger partial charge in [-0.3, -0.25) is 0 Å². The van der Waals surface area contributed by atoms with Crippen LogP contribution in [0.4, 0.5) is 18.9 Å². The van der Waals surface area contributed by atoms with Crippen LogP contribution < -0.4 is 10.5 Å². The quantitative estimate of drug-likeness (QED) is 0.584. The molecule has 0 aliphatic heterocycles. The van der Waals surface area contributed by atoms with Crippen LogP contribution in [0.5, 0.6) is 5.75 Å². The van der Waals surface area contributed by atoms with Crippen molar-refractivity contribution in [1.29, 1.82) is 0 Å². The zero-order chi connectivity index (χ0) is 11.7. The fourth-order valence-electron chi connectivity index (χ4n) is 1.05. The third kappa shape index (κ3) is 1.56. The molecule has 0 amide bonds. The lowest BCUT2D eigenvalue weighted by Crippen LogP contribution is -2.11. The number of nitrogens with two attached hydrogens (primary N) is 1. The Bertz CT molecular complexity index is 405. The molecule has 0 saturated carbocycles. The monoisotopic (exact) mass is 221 g/mol. The summed E-state index contributed by atoms with van der Waals surface area (Å²) >= 11 is 0. The first-order valence-corrected chi connectivity index (χ1v) is 3.65. The van der Waals surface area contributed by atoms with Crippen molar-refractivity contribution in [3.05, 3.63) is 23.0 Å². The summed E-state index contributed by atoms with van der Waals surface area (Å²) in [5, 5.41) is 8.42. The van der Waals surface area contributed by atoms with Gasteiger partial charge in [0.05, 0.1) is 7.11 Å². The average Bonchev–Trinajstić information content (AvgIpc) is 2.16. The van der Waals surface area contributed by atoms with Crippen molar-refractivity contribution >= 4 is 11.7 Å². The van der Waals surface area contributed by atoms with Crippen LogP contribution in [0.25, 0.3) is 0 Å². The lowest BCUT2D eigenvalue weighted by atomic mass is 10.1. The normalized spacial score (nSPS) is 10.1. The zero-order valence-electron chi connectivity index (χ0n) is 7.47. The van der Waals surface area contributed by atoms with Gasteiger partial charge < -0.3 is 15.6 Å². The van der Waals surface area contributed by atoms with Gasteiger partial charge in [0.25, 0.3) is 0 Å². The first kappa shape index (κ1) is 11.2. The molecule has 0 radical (unpaired) electrons. The predicted molar refractivity (Wildman–Crippen MR) is 44.2 cm³/mol. The maximum absolute atomic E-state index is 13.1. The number of rotatable bonds is 2. The summed E-state index contributed by atoms with van der Waals surface area (Å²) in [6.45, 7) is 0. The molecule has 0 aliphatic carbocycles. The molecular formula is C8H6F3NO3. The van der Waals surface area contributed by atoms with E-state index in [4.69, 9.17) is 10.8 Å². The van der Waals surface area contributed by atoms with E-state index in [-0.39, 0.29) is 0 Å². The minimum absolute atomic E-state index is 0.852. The standard InChI is InChI=1S/C8H6F3NO3/c1-15-7-5(11)3(9)2(8(13)14)4(10)6(7)12/h12H2,1H3,(H,13,14). The van der Waals surface area contributed by atoms with Gasteiger partial charge in [0, 0.05) is 0 Å². The van der Waals surface area contributed by atoms with Crippen molar-refractivity contribution in [2.75, 3.05) is 12.8 Å². The number of aromatic carboxylic acids is 1. The van der Waals surface area contributed by atoms with Crippen LogP contribution in [0, 0.1) is 17.5 Å². The first-order valence-electron chi connectivity index (χ1n) is 3.65. The average molecular weight is 221 g/mol. The third-order valence-corrected chi connectivity index (χ3v) is 1.73. The molecule has 0 atom stereocenters. The van der Waals surface area contributed by atoms with E-state index in [0.29, 0.717) is 0 Å². The Hall–Kier alpha value is -1.92. The van der Waals surface area contributed by atoms with E-state index in [0.717, 1.165) is 7.11 Å². The molecule has 0 saturated heterocycles. The molecule has 0 heterocycles. The van der Waals surface area contributed by atoms with E-state index in [1.54, 1.807) is 0 Å². The van der Waals surface area contributed by atoms with E-state index in [1.165, 1.54) is 0 Å². The van der Waals surface area contributed by atoms with Gasteiger partial charge in [-0.15, -0.1) is 0 Å². The molecule has 1 aromatic rings. The minimum atomic E-state index is -1.95. The van der Waals surface area contributed by atoms with Gasteiger partial charge in [-0.2, -0.15) is 4.39 Å². The van der Waals surface area contributed by atoms with Crippen LogP contribution in [0.1, 0.15) is 10.4 Å². The maximum atomic E-state index is 13.1. The highest BCUT2D eigenvalue weighted by molar-refractivity contribution is 5.90. The van der Waals surface area contributed by atoms with E-state index in [2.05, 4.69) is 4.74 Å². The Morgan fingerprint density at radius 1 is 1.27 bits per heavy atom. The Labute approximate surface area is 82.1 Å². The molecule has 7 heteroatoms. The van der Waals surface area contributed by atoms with E-state index >= 15 is 0 Å². The number of nitrogen functional groups attached to an aromatic ring is 1. The van der Waals surface area contributed by atoms with Crippen molar-refractivity contribution in [3.63, 3.8) is 0 Å². The molecule has 82 valence electrons. The van der Waals surface area contributed by atoms with Gasteiger partial charge in [-0.1, -0.05) is 0 Å². The van der Waals surface area contributed by atoms with Gasteiger partial charge in [0.15, 0.2) is 17.4 Å². The summed E-state index contributed by atoms with van der Waals surface area (Å²) in [6.07, 6.45) is 0. The zero-order valence-corrected chi connectivity index (χ0v) is 7.47. The van der Waals surface area contributed by atoms with Gasteiger partial charge in [0.2, 0.25) is 5.82 Å². The number of ether oxygens (including phenoxy) is 1. The van der Waals surface area contributed by atoms with Crippen LogP contribution in [0.3, 0.4) is 0 Å². The lowest BCUT2D eigenvalue weighted by Gasteiger charge is -2.09. The smallest absolute Gasteiger partial charge is 0.341 e. The molecule has 0 fully saturated rings. The SMILES string of the molecule is COc1c(N)c(F)c(C(=O)O)c(F)c1F. The molecule has 1 rings (SSSR count). The van der Waals surface area contributed by atoms with E-state index in [9.17, 15) is 18.0 Å². The molecule has 0 aliphatic rings. The second-order valence-electron chi connectivity index (χ2n) is 2.57. The predicted octanol–water partition coefficient (Wildman–Crippen LogP) is 1.39. The van der Waals surface area contributed by atoms with Crippen molar-refractivity contribution < 1.29 is 27.8 Å². The fourth-order valence-corrected chi connectivity index (χ4v) is 1.05. The molecule has 0 bridgehead atoms. The van der Waals surface area contributed by atoms with Crippen molar-refractivity contribution in [1.82, 2.24) is 0 Å². The highest BCUT2D eigenvalue weighted by Gasteiger charge is 2.28. The number of carboxylic acid groups (broad SMARTS) is 1. The van der Waals surface area contributed by atoms with Crippen molar-refractivity contribution in [2.24, 2.45) is 0 Å². The Morgan fingerprint density at radius 2 is 1.80 bits per heavy atom. The second-order valence-corrected chi connectivity index (χ2v) is 2.57. The van der Waals surface area contributed by atoms with Crippen LogP contribution in [-0.2, 0) is 0 Å². The van der Waals surface area contributed by atoms with Gasteiger partial charge in [-0.05, 0) is 0 Å². The number of anilines is 1. The molecule has 0 aromatic heterocycles. The van der Waals surface area contributed by atoms with Gasteiger partial charge in [-0.25, -0.2) is 13.6 Å². The molecule has 4 nitrogen and oxygen atoms in total. The fraction of sp³-hybridized carbons (Fsp3) is 0.125. The Morgan fingerprint density at radius 3 is 2.20 bits per heavy atom. The van der Waals surface area contributed by atoms with E-state index < -0.39 is 40.4 Å². The topological polar surface area (TPSA) is 72.5 Å². The number of carbonyl (C=O) groups is 1. The highest BCUT2D eigenvalue weighted by Crippen LogP contribution is 2.32. The molecule has 15 heavy (non-hydrogen) atoms. The highest BCUT2D eigenvalue weighted by atomic mass is 19.2. The van der Waals surface area contributed by atoms with Crippen LogP contribution in [0.2, 0.25) is 0 Å². The third-order valence-electron chi connectivity index (χ3n) is 1.73. The molecule has 0 unspecified atom stereocenters. The van der Waals surface area contributed by atoms with Crippen molar-refractivity contribution in [3.8, 4) is 5.75 Å². The van der Waals surface area contributed by atoms with Crippen molar-refractivity contribution in [2.45, 2.75) is 0 Å². The lowest BCUT2D eigenvalue weighted by molar-refractivity contribution is 0.0685. The number of carboxylic acids is 1. The molecule has 3 N–H and O–H groups in total.